The molecule has 1 aromatic heterocycles. The topological polar surface area (TPSA) is 115 Å². The second kappa shape index (κ2) is 9.65. The summed E-state index contributed by atoms with van der Waals surface area (Å²) in [5, 5.41) is 0.897. The van der Waals surface area contributed by atoms with Gasteiger partial charge in [0.05, 0.1) is 33.9 Å². The van der Waals surface area contributed by atoms with Gasteiger partial charge in [-0.15, -0.1) is 0 Å². The number of nitrogens with one attached hydrogen (secondary N) is 1. The SMILES string of the molecule is COc1cc(-c2c3c(cc4c2OCO4)[C@H](OC(=O)c2cc4ccccc4[nH]2)[C@H]2COC(=O)[C@@H]2C3)cc(OC)c1OC. The summed E-state index contributed by atoms with van der Waals surface area (Å²) in [5.41, 5.74) is 4.11. The van der Waals surface area contributed by atoms with E-state index in [-0.39, 0.29) is 25.3 Å². The van der Waals surface area contributed by atoms with Gasteiger partial charge in [0.15, 0.2) is 23.0 Å². The summed E-state index contributed by atoms with van der Waals surface area (Å²) in [6, 6.07) is 14.9. The molecule has 0 radical (unpaired) electrons. The van der Waals surface area contributed by atoms with Crippen molar-refractivity contribution in [1.82, 2.24) is 4.98 Å². The highest BCUT2D eigenvalue weighted by molar-refractivity contribution is 5.95. The lowest BCUT2D eigenvalue weighted by Crippen LogP contribution is -2.33. The van der Waals surface area contributed by atoms with Crippen molar-refractivity contribution in [2.45, 2.75) is 12.5 Å². The Morgan fingerprint density at radius 1 is 0.951 bits per heavy atom. The Morgan fingerprint density at radius 3 is 2.46 bits per heavy atom. The first-order valence-corrected chi connectivity index (χ1v) is 13.2. The molecular formula is C31H27NO9. The Balaban J connectivity index is 1.39. The molecule has 3 atom stereocenters. The summed E-state index contributed by atoms with van der Waals surface area (Å²) >= 11 is 0. The number of esters is 2. The monoisotopic (exact) mass is 557 g/mol. The fraction of sp³-hybridized carbons (Fsp3) is 0.290. The molecule has 3 aliphatic rings. The highest BCUT2D eigenvalue weighted by Crippen LogP contribution is 2.55. The van der Waals surface area contributed by atoms with Gasteiger partial charge < -0.3 is 38.1 Å². The van der Waals surface area contributed by atoms with E-state index in [0.29, 0.717) is 52.0 Å². The van der Waals surface area contributed by atoms with Gasteiger partial charge in [-0.3, -0.25) is 4.79 Å². The number of hydrogen-bond acceptors (Lipinski definition) is 9. The molecule has 3 aromatic carbocycles. The highest BCUT2D eigenvalue weighted by atomic mass is 16.7. The second-order valence-electron chi connectivity index (χ2n) is 10.2. The van der Waals surface area contributed by atoms with E-state index >= 15 is 0 Å². The van der Waals surface area contributed by atoms with Gasteiger partial charge in [0.25, 0.3) is 0 Å². The summed E-state index contributed by atoms with van der Waals surface area (Å²) < 4.78 is 40.2. The number of H-pyrrole nitrogens is 1. The Morgan fingerprint density at radius 2 is 1.73 bits per heavy atom. The van der Waals surface area contributed by atoms with Gasteiger partial charge in [-0.2, -0.15) is 0 Å². The van der Waals surface area contributed by atoms with E-state index in [0.717, 1.165) is 22.0 Å². The number of carbonyl (C=O) groups excluding carboxylic acids is 2. The molecule has 4 aromatic rings. The van der Waals surface area contributed by atoms with Gasteiger partial charge in [-0.1, -0.05) is 18.2 Å². The van der Waals surface area contributed by atoms with Crippen LogP contribution in [0.25, 0.3) is 22.0 Å². The minimum atomic E-state index is -0.760. The Hall–Kier alpha value is -4.86. The molecule has 1 fully saturated rings. The van der Waals surface area contributed by atoms with E-state index in [2.05, 4.69) is 4.98 Å². The summed E-state index contributed by atoms with van der Waals surface area (Å²) in [4.78, 5) is 29.6. The third-order valence-electron chi connectivity index (χ3n) is 8.10. The van der Waals surface area contributed by atoms with Crippen LogP contribution in [0.3, 0.4) is 0 Å². The highest BCUT2D eigenvalue weighted by Gasteiger charge is 2.50. The quantitative estimate of drug-likeness (QED) is 0.333. The van der Waals surface area contributed by atoms with Gasteiger partial charge >= 0.3 is 11.9 Å². The maximum Gasteiger partial charge on any atom is 0.355 e. The molecule has 0 spiro atoms. The molecule has 0 saturated carbocycles. The molecule has 1 N–H and O–H groups in total. The van der Waals surface area contributed by atoms with Crippen LogP contribution in [-0.2, 0) is 20.7 Å². The van der Waals surface area contributed by atoms with Crippen LogP contribution in [0.15, 0.2) is 48.5 Å². The van der Waals surface area contributed by atoms with Gasteiger partial charge in [-0.25, -0.2) is 4.79 Å². The Labute approximate surface area is 235 Å². The molecule has 3 heterocycles. The Bertz CT molecular complexity index is 1650. The van der Waals surface area contributed by atoms with Crippen molar-refractivity contribution in [1.29, 1.82) is 0 Å². The van der Waals surface area contributed by atoms with Crippen molar-refractivity contribution in [3.8, 4) is 39.9 Å². The van der Waals surface area contributed by atoms with Crippen molar-refractivity contribution in [3.63, 3.8) is 0 Å². The van der Waals surface area contributed by atoms with Crippen LogP contribution in [0, 0.1) is 11.8 Å². The number of carbonyl (C=O) groups is 2. The van der Waals surface area contributed by atoms with E-state index in [9.17, 15) is 9.59 Å². The molecule has 41 heavy (non-hydrogen) atoms. The normalized spacial score (nSPS) is 20.3. The van der Waals surface area contributed by atoms with E-state index in [4.69, 9.17) is 33.2 Å². The zero-order valence-electron chi connectivity index (χ0n) is 22.6. The number of benzene rings is 3. The van der Waals surface area contributed by atoms with Crippen LogP contribution in [0.2, 0.25) is 0 Å². The molecule has 210 valence electrons. The van der Waals surface area contributed by atoms with Crippen LogP contribution in [-0.4, -0.2) is 51.7 Å². The smallest absolute Gasteiger partial charge is 0.355 e. The first kappa shape index (κ1) is 25.1. The van der Waals surface area contributed by atoms with E-state index in [1.165, 1.54) is 7.11 Å². The van der Waals surface area contributed by atoms with Crippen molar-refractivity contribution < 1.29 is 42.7 Å². The van der Waals surface area contributed by atoms with Crippen molar-refractivity contribution in [2.75, 3.05) is 34.7 Å². The molecule has 10 heteroatoms. The standard InChI is InChI=1S/C31H27NO9/c1-35-23-9-16(10-24(36-2)28(23)37-3)26-17-11-19-20(13-38-30(19)33)27(18(17)12-25-29(26)40-14-39-25)41-31(34)22-8-15-6-4-5-7-21(15)32-22/h4-10,12,19-20,27,32H,11,13-14H2,1-3H3/t19-,20+,27+/m1/s1. The lowest BCUT2D eigenvalue weighted by Gasteiger charge is -2.34. The van der Waals surface area contributed by atoms with Crippen LogP contribution >= 0.6 is 0 Å². The third-order valence-corrected chi connectivity index (χ3v) is 8.10. The molecule has 2 aliphatic heterocycles. The summed E-state index contributed by atoms with van der Waals surface area (Å²) in [6.07, 6.45) is -0.383. The fourth-order valence-electron chi connectivity index (χ4n) is 6.18. The Kier molecular flexibility index (Phi) is 5.92. The predicted octanol–water partition coefficient (Wildman–Crippen LogP) is 4.83. The van der Waals surface area contributed by atoms with Crippen molar-refractivity contribution in [3.05, 3.63) is 65.4 Å². The average molecular weight is 558 g/mol. The molecule has 0 bridgehead atoms. The van der Waals surface area contributed by atoms with Crippen LogP contribution < -0.4 is 23.7 Å². The lowest BCUT2D eigenvalue weighted by atomic mass is 9.73. The third kappa shape index (κ3) is 3.93. The number of aromatic nitrogens is 1. The molecule has 1 saturated heterocycles. The molecule has 0 amide bonds. The number of methoxy groups -OCH3 is 3. The lowest BCUT2D eigenvalue weighted by molar-refractivity contribution is -0.141. The van der Waals surface area contributed by atoms with E-state index in [1.807, 2.05) is 42.5 Å². The molecule has 0 unspecified atom stereocenters. The maximum absolute atomic E-state index is 13.5. The average Bonchev–Trinajstić information content (AvgIpc) is 3.73. The largest absolute Gasteiger partial charge is 0.493 e. The van der Waals surface area contributed by atoms with Crippen molar-refractivity contribution in [2.24, 2.45) is 11.8 Å². The number of para-hydroxylation sites is 1. The molecule has 1 aliphatic carbocycles. The number of hydrogen-bond donors (Lipinski definition) is 1. The minimum absolute atomic E-state index is 0.0318. The number of fused-ring (bicyclic) bond motifs is 4. The first-order valence-electron chi connectivity index (χ1n) is 13.2. The zero-order valence-corrected chi connectivity index (χ0v) is 22.6. The zero-order chi connectivity index (χ0) is 28.2. The van der Waals surface area contributed by atoms with E-state index in [1.54, 1.807) is 20.3 Å². The van der Waals surface area contributed by atoms with Gasteiger partial charge in [-0.05, 0) is 47.9 Å². The number of aromatic amines is 1. The molecular weight excluding hydrogens is 530 g/mol. The maximum atomic E-state index is 13.5. The van der Waals surface area contributed by atoms with Gasteiger partial charge in [0.1, 0.15) is 11.8 Å². The van der Waals surface area contributed by atoms with Crippen molar-refractivity contribution >= 4 is 22.8 Å². The number of cyclic esters (lactones) is 1. The van der Waals surface area contributed by atoms with Gasteiger partial charge in [0.2, 0.25) is 12.5 Å². The summed E-state index contributed by atoms with van der Waals surface area (Å²) in [7, 11) is 4.63. The number of rotatable bonds is 6. The fourth-order valence-corrected chi connectivity index (χ4v) is 6.18. The number of ether oxygens (including phenoxy) is 7. The second-order valence-corrected chi connectivity index (χ2v) is 10.2. The first-order chi connectivity index (χ1) is 20.0. The summed E-state index contributed by atoms with van der Waals surface area (Å²) in [6.45, 7) is 0.186. The van der Waals surface area contributed by atoms with Crippen LogP contribution in [0.5, 0.6) is 28.7 Å². The predicted molar refractivity (Wildman–Crippen MR) is 146 cm³/mol. The molecule has 10 nitrogen and oxygen atoms in total. The van der Waals surface area contributed by atoms with Crippen LogP contribution in [0.4, 0.5) is 0 Å². The molecule has 7 rings (SSSR count). The summed E-state index contributed by atoms with van der Waals surface area (Å²) in [5.74, 6) is 0.727. The van der Waals surface area contributed by atoms with E-state index < -0.39 is 18.0 Å². The van der Waals surface area contributed by atoms with Gasteiger partial charge in [0, 0.05) is 27.9 Å². The minimum Gasteiger partial charge on any atom is -0.493 e. The van der Waals surface area contributed by atoms with Crippen LogP contribution in [0.1, 0.15) is 27.7 Å².